The van der Waals surface area contributed by atoms with E-state index < -0.39 is 10.0 Å². The second-order valence-electron chi connectivity index (χ2n) is 6.29. The van der Waals surface area contributed by atoms with Crippen molar-refractivity contribution in [2.75, 3.05) is 19.7 Å². The molecule has 9 heteroatoms. The van der Waals surface area contributed by atoms with Crippen LogP contribution in [0.2, 0.25) is 0 Å². The molecule has 3 heterocycles. The summed E-state index contributed by atoms with van der Waals surface area (Å²) >= 11 is 1.37. The van der Waals surface area contributed by atoms with E-state index in [1.807, 2.05) is 6.92 Å². The monoisotopic (exact) mass is 398 g/mol. The number of hydrogen-bond donors (Lipinski definition) is 0. The van der Waals surface area contributed by atoms with Gasteiger partial charge in [0.05, 0.1) is 28.0 Å². The predicted molar refractivity (Wildman–Crippen MR) is 97.4 cm³/mol. The number of sulfonamides is 1. The third kappa shape index (κ3) is 3.70. The van der Waals surface area contributed by atoms with Crippen molar-refractivity contribution in [2.45, 2.75) is 38.5 Å². The largest absolute Gasteiger partial charge is 0.466 e. The number of aryl methyl sites for hydroxylation is 2. The minimum absolute atomic E-state index is 0.224. The third-order valence-corrected chi connectivity index (χ3v) is 7.65. The van der Waals surface area contributed by atoms with Gasteiger partial charge in [0, 0.05) is 24.0 Å². The lowest BCUT2D eigenvalue weighted by molar-refractivity contribution is -0.149. The minimum atomic E-state index is -3.60. The van der Waals surface area contributed by atoms with E-state index in [0.717, 1.165) is 10.6 Å². The Morgan fingerprint density at radius 3 is 2.62 bits per heavy atom. The summed E-state index contributed by atoms with van der Waals surface area (Å²) in [4.78, 5) is 13.6. The summed E-state index contributed by atoms with van der Waals surface area (Å²) in [6, 6.07) is 3.43. The summed E-state index contributed by atoms with van der Waals surface area (Å²) in [5, 5.41) is 3.85. The molecule has 0 bridgehead atoms. The smallest absolute Gasteiger partial charge is 0.309 e. The molecule has 142 valence electrons. The number of carbonyl (C=O) groups excluding carboxylic acids is 1. The molecule has 0 saturated carbocycles. The molecule has 0 unspecified atom stereocenters. The van der Waals surface area contributed by atoms with Gasteiger partial charge in [0.1, 0.15) is 0 Å². The van der Waals surface area contributed by atoms with E-state index in [9.17, 15) is 13.2 Å². The Morgan fingerprint density at radius 2 is 2.04 bits per heavy atom. The van der Waals surface area contributed by atoms with Gasteiger partial charge in [0.25, 0.3) is 0 Å². The summed E-state index contributed by atoms with van der Waals surface area (Å²) in [5.74, 6) is 0.106. The summed E-state index contributed by atoms with van der Waals surface area (Å²) < 4.78 is 37.8. The maximum Gasteiger partial charge on any atom is 0.309 e. The van der Waals surface area contributed by atoms with Crippen LogP contribution >= 0.6 is 11.3 Å². The van der Waals surface area contributed by atoms with Crippen LogP contribution in [0.4, 0.5) is 0 Å². The van der Waals surface area contributed by atoms with Gasteiger partial charge in [0.15, 0.2) is 5.76 Å². The molecule has 0 spiro atoms. The molecule has 0 aliphatic carbocycles. The average molecular weight is 399 g/mol. The van der Waals surface area contributed by atoms with E-state index in [4.69, 9.17) is 9.26 Å². The van der Waals surface area contributed by atoms with Gasteiger partial charge in [-0.2, -0.15) is 4.31 Å². The molecule has 3 rings (SSSR count). The third-order valence-electron chi connectivity index (χ3n) is 4.43. The molecule has 0 N–H and O–H groups in total. The fraction of sp³-hybridized carbons (Fsp3) is 0.529. The predicted octanol–water partition coefficient (Wildman–Crippen LogP) is 2.98. The van der Waals surface area contributed by atoms with Crippen LogP contribution in [0.1, 0.15) is 30.3 Å². The molecule has 7 nitrogen and oxygen atoms in total. The van der Waals surface area contributed by atoms with Crippen molar-refractivity contribution in [3.8, 4) is 10.6 Å². The van der Waals surface area contributed by atoms with Gasteiger partial charge in [-0.05, 0) is 39.7 Å². The van der Waals surface area contributed by atoms with Gasteiger partial charge < -0.3 is 9.26 Å². The van der Waals surface area contributed by atoms with Gasteiger partial charge in [-0.25, -0.2) is 8.42 Å². The highest BCUT2D eigenvalue weighted by Gasteiger charge is 2.34. The lowest BCUT2D eigenvalue weighted by Gasteiger charge is -2.30. The normalized spacial score (nSPS) is 16.7. The molecule has 1 aliphatic rings. The topological polar surface area (TPSA) is 89.7 Å². The first kappa shape index (κ1) is 19.1. The highest BCUT2D eigenvalue weighted by Crippen LogP contribution is 2.36. The molecule has 1 aliphatic heterocycles. The number of ether oxygens (including phenoxy) is 1. The number of aromatic nitrogens is 1. The molecular formula is C17H22N2O5S2. The van der Waals surface area contributed by atoms with Crippen LogP contribution in [0.5, 0.6) is 0 Å². The zero-order chi connectivity index (χ0) is 18.9. The van der Waals surface area contributed by atoms with E-state index in [1.165, 1.54) is 15.6 Å². The van der Waals surface area contributed by atoms with Gasteiger partial charge in [-0.15, -0.1) is 11.3 Å². The van der Waals surface area contributed by atoms with Crippen molar-refractivity contribution in [1.82, 2.24) is 9.46 Å². The van der Waals surface area contributed by atoms with Crippen molar-refractivity contribution in [3.63, 3.8) is 0 Å². The molecule has 0 aromatic carbocycles. The summed E-state index contributed by atoms with van der Waals surface area (Å²) in [6.45, 7) is 6.35. The Bertz CT molecular complexity index is 892. The lowest BCUT2D eigenvalue weighted by Crippen LogP contribution is -2.40. The van der Waals surface area contributed by atoms with Gasteiger partial charge in [-0.3, -0.25) is 4.79 Å². The molecule has 26 heavy (non-hydrogen) atoms. The molecule has 2 aromatic rings. The Morgan fingerprint density at radius 1 is 1.35 bits per heavy atom. The highest BCUT2D eigenvalue weighted by molar-refractivity contribution is 7.89. The van der Waals surface area contributed by atoms with E-state index in [1.54, 1.807) is 26.0 Å². The Hall–Kier alpha value is -1.71. The SMILES string of the molecule is CCOC(=O)C1CCN(S(=O)(=O)c2cc(-c3cc(C)no3)sc2C)CC1. The summed E-state index contributed by atoms with van der Waals surface area (Å²) in [7, 11) is -3.60. The molecular weight excluding hydrogens is 376 g/mol. The van der Waals surface area contributed by atoms with E-state index in [0.29, 0.717) is 48.1 Å². The second kappa shape index (κ2) is 7.50. The highest BCUT2D eigenvalue weighted by atomic mass is 32.2. The first-order valence-corrected chi connectivity index (χ1v) is 10.8. The van der Waals surface area contributed by atoms with Crippen molar-refractivity contribution >= 4 is 27.3 Å². The van der Waals surface area contributed by atoms with E-state index in [-0.39, 0.29) is 11.9 Å². The minimum Gasteiger partial charge on any atom is -0.466 e. The van der Waals surface area contributed by atoms with Crippen molar-refractivity contribution in [1.29, 1.82) is 0 Å². The van der Waals surface area contributed by atoms with Crippen LogP contribution in [-0.4, -0.2) is 43.5 Å². The lowest BCUT2D eigenvalue weighted by atomic mass is 9.98. The van der Waals surface area contributed by atoms with Crippen LogP contribution in [0.15, 0.2) is 21.6 Å². The first-order valence-electron chi connectivity index (χ1n) is 8.53. The summed E-state index contributed by atoms with van der Waals surface area (Å²) in [5.41, 5.74) is 0.747. The van der Waals surface area contributed by atoms with Gasteiger partial charge in [0.2, 0.25) is 10.0 Å². The number of carbonyl (C=O) groups is 1. The zero-order valence-electron chi connectivity index (χ0n) is 15.0. The Labute approximate surface area is 157 Å². The quantitative estimate of drug-likeness (QED) is 0.719. The molecule has 2 aromatic heterocycles. The molecule has 1 saturated heterocycles. The molecule has 0 atom stereocenters. The molecule has 1 fully saturated rings. The zero-order valence-corrected chi connectivity index (χ0v) is 16.7. The Kier molecular flexibility index (Phi) is 5.50. The van der Waals surface area contributed by atoms with Crippen molar-refractivity contribution in [3.05, 3.63) is 22.7 Å². The van der Waals surface area contributed by atoms with Gasteiger partial charge in [-0.1, -0.05) is 5.16 Å². The van der Waals surface area contributed by atoms with Crippen molar-refractivity contribution in [2.24, 2.45) is 5.92 Å². The van der Waals surface area contributed by atoms with Crippen molar-refractivity contribution < 1.29 is 22.5 Å². The van der Waals surface area contributed by atoms with Crippen LogP contribution in [-0.2, 0) is 19.6 Å². The number of piperidine rings is 1. The number of nitrogens with zero attached hydrogens (tertiary/aromatic N) is 2. The summed E-state index contributed by atoms with van der Waals surface area (Å²) in [6.07, 6.45) is 0.963. The van der Waals surface area contributed by atoms with Gasteiger partial charge >= 0.3 is 5.97 Å². The fourth-order valence-corrected chi connectivity index (χ4v) is 6.03. The Balaban J connectivity index is 1.77. The van der Waals surface area contributed by atoms with E-state index in [2.05, 4.69) is 5.16 Å². The fourth-order valence-electron chi connectivity index (χ4n) is 3.05. The average Bonchev–Trinajstić information content (AvgIpc) is 3.21. The number of rotatable bonds is 5. The molecule has 0 amide bonds. The number of hydrogen-bond acceptors (Lipinski definition) is 7. The second-order valence-corrected chi connectivity index (χ2v) is 9.46. The number of thiophene rings is 1. The maximum absolute atomic E-state index is 13.0. The van der Waals surface area contributed by atoms with Crippen LogP contribution in [0.25, 0.3) is 10.6 Å². The van der Waals surface area contributed by atoms with Crippen LogP contribution in [0.3, 0.4) is 0 Å². The number of esters is 1. The van der Waals surface area contributed by atoms with Crippen LogP contribution in [0, 0.1) is 19.8 Å². The van der Waals surface area contributed by atoms with E-state index >= 15 is 0 Å². The standard InChI is InChI=1S/C17H22N2O5S2/c1-4-23-17(20)13-5-7-19(8-6-13)26(21,22)16-10-15(25-12(16)3)14-9-11(2)18-24-14/h9-10,13H,4-8H2,1-3H3. The molecule has 0 radical (unpaired) electrons. The van der Waals surface area contributed by atoms with Crippen LogP contribution < -0.4 is 0 Å². The maximum atomic E-state index is 13.0. The first-order chi connectivity index (χ1) is 12.3.